The summed E-state index contributed by atoms with van der Waals surface area (Å²) in [5.74, 6) is 0. The van der Waals surface area contributed by atoms with Gasteiger partial charge in [0.25, 0.3) is 0 Å². The van der Waals surface area contributed by atoms with Crippen LogP contribution in [0.5, 0.6) is 0 Å². The summed E-state index contributed by atoms with van der Waals surface area (Å²) in [6.07, 6.45) is 1.78. The van der Waals surface area contributed by atoms with Crippen molar-refractivity contribution in [2.45, 2.75) is 0 Å². The second-order valence-electron chi connectivity index (χ2n) is 2.45. The number of hydrogen-bond donors (Lipinski definition) is 0. The fraction of sp³-hybridized carbons (Fsp3) is 0. The molecule has 0 aliphatic rings. The van der Waals surface area contributed by atoms with Gasteiger partial charge >= 0.3 is 0 Å². The third-order valence-electron chi connectivity index (χ3n) is 1.58. The van der Waals surface area contributed by atoms with Crippen molar-refractivity contribution >= 4 is 38.9 Å². The van der Waals surface area contributed by atoms with Crippen molar-refractivity contribution in [2.24, 2.45) is 0 Å². The Morgan fingerprint density at radius 1 is 1.31 bits per heavy atom. The van der Waals surface area contributed by atoms with Crippen LogP contribution in [0.3, 0.4) is 0 Å². The third-order valence-corrected chi connectivity index (χ3v) is 3.42. The van der Waals surface area contributed by atoms with E-state index in [-0.39, 0.29) is 0 Å². The zero-order valence-corrected chi connectivity index (χ0v) is 9.66. The minimum atomic E-state index is 0.740. The van der Waals surface area contributed by atoms with Crippen LogP contribution in [0.2, 0.25) is 5.02 Å². The van der Waals surface area contributed by atoms with Gasteiger partial charge in [-0.3, -0.25) is 0 Å². The topological polar surface area (TPSA) is 12.9 Å². The van der Waals surface area contributed by atoms with Crippen LogP contribution >= 0.6 is 38.9 Å². The van der Waals surface area contributed by atoms with E-state index >= 15 is 0 Å². The average molecular weight is 275 g/mol. The van der Waals surface area contributed by atoms with Crippen molar-refractivity contribution in [1.82, 2.24) is 4.98 Å². The number of nitrogens with zero attached hydrogens (tertiary/aromatic N) is 1. The lowest BCUT2D eigenvalue weighted by Crippen LogP contribution is -1.75. The van der Waals surface area contributed by atoms with Gasteiger partial charge in [0.1, 0.15) is 5.01 Å². The third kappa shape index (κ3) is 1.93. The lowest BCUT2D eigenvalue weighted by Gasteiger charge is -1.97. The summed E-state index contributed by atoms with van der Waals surface area (Å²) in [5.41, 5.74) is 0.986. The van der Waals surface area contributed by atoms with Crippen LogP contribution in [0.4, 0.5) is 0 Å². The van der Waals surface area contributed by atoms with Crippen molar-refractivity contribution in [3.8, 4) is 10.6 Å². The number of rotatable bonds is 1. The maximum absolute atomic E-state index is 6.02. The first-order chi connectivity index (χ1) is 6.27. The fourth-order valence-electron chi connectivity index (χ4n) is 1.01. The molecule has 0 saturated carbocycles. The number of benzene rings is 1. The van der Waals surface area contributed by atoms with Gasteiger partial charge in [0, 0.05) is 5.56 Å². The van der Waals surface area contributed by atoms with E-state index in [1.807, 2.05) is 24.3 Å². The minimum absolute atomic E-state index is 0.740. The van der Waals surface area contributed by atoms with Crippen LogP contribution in [0, 0.1) is 0 Å². The van der Waals surface area contributed by atoms with Gasteiger partial charge in [0.15, 0.2) is 0 Å². The van der Waals surface area contributed by atoms with Crippen molar-refractivity contribution in [1.29, 1.82) is 0 Å². The smallest absolute Gasteiger partial charge is 0.125 e. The number of thiazole rings is 1. The first kappa shape index (κ1) is 9.19. The van der Waals surface area contributed by atoms with E-state index < -0.39 is 0 Å². The summed E-state index contributed by atoms with van der Waals surface area (Å²) in [7, 11) is 0. The molecule has 0 aliphatic carbocycles. The van der Waals surface area contributed by atoms with Gasteiger partial charge in [0.05, 0.1) is 15.0 Å². The molecule has 2 aromatic rings. The van der Waals surface area contributed by atoms with E-state index in [9.17, 15) is 0 Å². The fourth-order valence-corrected chi connectivity index (χ4v) is 2.54. The minimum Gasteiger partial charge on any atom is -0.243 e. The zero-order valence-electron chi connectivity index (χ0n) is 6.50. The molecule has 0 N–H and O–H groups in total. The molecule has 0 fully saturated rings. The highest BCUT2D eigenvalue weighted by Gasteiger charge is 2.05. The second kappa shape index (κ2) is 3.78. The summed E-state index contributed by atoms with van der Waals surface area (Å²) < 4.78 is 1.02. The van der Waals surface area contributed by atoms with Gasteiger partial charge in [-0.2, -0.15) is 0 Å². The first-order valence-electron chi connectivity index (χ1n) is 3.63. The molecule has 0 saturated heterocycles. The van der Waals surface area contributed by atoms with Crippen molar-refractivity contribution in [3.05, 3.63) is 39.3 Å². The molecular formula is C9H5BrClNS. The Kier molecular flexibility index (Phi) is 2.67. The Labute approximate surface area is 93.5 Å². The normalized spacial score (nSPS) is 10.3. The monoisotopic (exact) mass is 273 g/mol. The van der Waals surface area contributed by atoms with Crippen molar-refractivity contribution < 1.29 is 0 Å². The molecule has 1 heterocycles. The Balaban J connectivity index is 2.52. The van der Waals surface area contributed by atoms with Gasteiger partial charge in [-0.1, -0.05) is 29.8 Å². The Bertz CT molecular complexity index is 427. The summed E-state index contributed by atoms with van der Waals surface area (Å²) in [5, 5.41) is 1.68. The van der Waals surface area contributed by atoms with Crippen LogP contribution < -0.4 is 0 Å². The molecule has 0 atom stereocenters. The Hall–Kier alpha value is -0.380. The molecule has 1 nitrogen and oxygen atoms in total. The molecule has 66 valence electrons. The highest BCUT2D eigenvalue weighted by molar-refractivity contribution is 9.11. The lowest BCUT2D eigenvalue weighted by atomic mass is 10.2. The zero-order chi connectivity index (χ0) is 9.26. The molecule has 0 radical (unpaired) electrons. The molecule has 2 rings (SSSR count). The van der Waals surface area contributed by atoms with Gasteiger partial charge in [-0.25, -0.2) is 4.98 Å². The Morgan fingerprint density at radius 3 is 2.69 bits per heavy atom. The average Bonchev–Trinajstić information content (AvgIpc) is 2.53. The van der Waals surface area contributed by atoms with Crippen LogP contribution in [-0.4, -0.2) is 4.98 Å². The van der Waals surface area contributed by atoms with E-state index in [1.165, 1.54) is 0 Å². The summed E-state index contributed by atoms with van der Waals surface area (Å²) in [6, 6.07) is 7.70. The molecule has 13 heavy (non-hydrogen) atoms. The van der Waals surface area contributed by atoms with Crippen LogP contribution in [0.15, 0.2) is 34.2 Å². The molecule has 0 spiro atoms. The maximum atomic E-state index is 6.02. The molecule has 0 bridgehead atoms. The number of halogens is 2. The van der Waals surface area contributed by atoms with Crippen LogP contribution in [0.25, 0.3) is 10.6 Å². The summed E-state index contributed by atoms with van der Waals surface area (Å²) >= 11 is 11.0. The quantitative estimate of drug-likeness (QED) is 0.758. The summed E-state index contributed by atoms with van der Waals surface area (Å²) in [4.78, 5) is 4.23. The summed E-state index contributed by atoms with van der Waals surface area (Å²) in [6.45, 7) is 0. The number of hydrogen-bond acceptors (Lipinski definition) is 2. The molecule has 0 amide bonds. The second-order valence-corrected chi connectivity index (χ2v) is 5.27. The van der Waals surface area contributed by atoms with Crippen LogP contribution in [0.1, 0.15) is 0 Å². The number of aromatic nitrogens is 1. The predicted octanol–water partition coefficient (Wildman–Crippen LogP) is 4.23. The van der Waals surface area contributed by atoms with Gasteiger partial charge in [-0.15, -0.1) is 11.3 Å². The van der Waals surface area contributed by atoms with Crippen LogP contribution in [-0.2, 0) is 0 Å². The molecule has 1 aromatic heterocycles. The van der Waals surface area contributed by atoms with E-state index in [0.717, 1.165) is 19.4 Å². The van der Waals surface area contributed by atoms with E-state index in [2.05, 4.69) is 20.9 Å². The van der Waals surface area contributed by atoms with Crippen molar-refractivity contribution in [2.75, 3.05) is 0 Å². The van der Waals surface area contributed by atoms with Gasteiger partial charge < -0.3 is 0 Å². The van der Waals surface area contributed by atoms with Gasteiger partial charge in [-0.05, 0) is 22.0 Å². The van der Waals surface area contributed by atoms with Gasteiger partial charge in [0.2, 0.25) is 0 Å². The maximum Gasteiger partial charge on any atom is 0.125 e. The van der Waals surface area contributed by atoms with Crippen molar-refractivity contribution in [3.63, 3.8) is 0 Å². The lowest BCUT2D eigenvalue weighted by molar-refractivity contribution is 1.41. The highest BCUT2D eigenvalue weighted by Crippen LogP contribution is 2.32. The van der Waals surface area contributed by atoms with E-state index in [4.69, 9.17) is 11.6 Å². The van der Waals surface area contributed by atoms with E-state index in [0.29, 0.717) is 0 Å². The molecule has 1 aromatic carbocycles. The van der Waals surface area contributed by atoms with E-state index in [1.54, 1.807) is 17.5 Å². The molecule has 0 unspecified atom stereocenters. The molecule has 4 heteroatoms. The first-order valence-corrected chi connectivity index (χ1v) is 5.62. The Morgan fingerprint density at radius 2 is 2.08 bits per heavy atom. The standard InChI is InChI=1S/C9H5BrClNS/c10-8-5-12-9(13-8)6-3-1-2-4-7(6)11/h1-5H. The SMILES string of the molecule is Clc1ccccc1-c1ncc(Br)s1. The molecule has 0 aliphatic heterocycles. The predicted molar refractivity (Wildman–Crippen MR) is 60.3 cm³/mol. The highest BCUT2D eigenvalue weighted by atomic mass is 79.9. The molecular weight excluding hydrogens is 270 g/mol. The largest absolute Gasteiger partial charge is 0.243 e.